The molecule has 166 valence electrons. The molecule has 1 saturated heterocycles. The number of aromatic nitrogens is 3. The summed E-state index contributed by atoms with van der Waals surface area (Å²) in [6.45, 7) is 4.79. The first-order valence-corrected chi connectivity index (χ1v) is 9.58. The van der Waals surface area contributed by atoms with Gasteiger partial charge in [0, 0.05) is 13.1 Å². The molecular formula is C19H24N6O6. The molecule has 12 nitrogen and oxygen atoms in total. The van der Waals surface area contributed by atoms with Crippen molar-refractivity contribution in [3.8, 4) is 11.5 Å². The molecule has 31 heavy (non-hydrogen) atoms. The van der Waals surface area contributed by atoms with Crippen LogP contribution in [0.5, 0.6) is 11.5 Å². The number of amides is 1. The van der Waals surface area contributed by atoms with E-state index in [0.717, 1.165) is 0 Å². The average molecular weight is 432 g/mol. The molecule has 1 aliphatic heterocycles. The van der Waals surface area contributed by atoms with Gasteiger partial charge in [-0.3, -0.25) is 20.0 Å². The number of aromatic amines is 2. The summed E-state index contributed by atoms with van der Waals surface area (Å²) >= 11 is 0. The van der Waals surface area contributed by atoms with Crippen LogP contribution in [0.2, 0.25) is 0 Å². The maximum absolute atomic E-state index is 12.5. The Morgan fingerprint density at radius 3 is 2.74 bits per heavy atom. The lowest BCUT2D eigenvalue weighted by Crippen LogP contribution is -2.49. The molecule has 0 radical (unpaired) electrons. The number of methoxy groups -OCH3 is 1. The van der Waals surface area contributed by atoms with Gasteiger partial charge in [0.2, 0.25) is 5.82 Å². The Balaban J connectivity index is 1.61. The van der Waals surface area contributed by atoms with Crippen molar-refractivity contribution in [2.24, 2.45) is 5.10 Å². The number of hydrazone groups is 1. The predicted octanol–water partition coefficient (Wildman–Crippen LogP) is -0.0726. The maximum atomic E-state index is 12.5. The highest BCUT2D eigenvalue weighted by molar-refractivity contribution is 5.81. The third-order valence-electron chi connectivity index (χ3n) is 4.41. The second-order valence-corrected chi connectivity index (χ2v) is 6.98. The van der Waals surface area contributed by atoms with Crippen LogP contribution in [0, 0.1) is 0 Å². The highest BCUT2D eigenvalue weighted by Crippen LogP contribution is 2.27. The summed E-state index contributed by atoms with van der Waals surface area (Å²) < 4.78 is 16.6. The van der Waals surface area contributed by atoms with Crippen LogP contribution in [0.1, 0.15) is 19.4 Å². The van der Waals surface area contributed by atoms with E-state index < -0.39 is 11.2 Å². The third-order valence-corrected chi connectivity index (χ3v) is 4.41. The Bertz CT molecular complexity index is 1050. The minimum atomic E-state index is -0.712. The van der Waals surface area contributed by atoms with E-state index in [1.165, 1.54) is 13.3 Å². The fourth-order valence-corrected chi connectivity index (χ4v) is 3.09. The zero-order chi connectivity index (χ0) is 22.4. The number of anilines is 1. The summed E-state index contributed by atoms with van der Waals surface area (Å²) in [6.07, 6.45) is 1.40. The van der Waals surface area contributed by atoms with Gasteiger partial charge in [0.25, 0.3) is 11.5 Å². The summed E-state index contributed by atoms with van der Waals surface area (Å²) in [4.78, 5) is 38.7. The molecule has 2 atom stereocenters. The number of carbonyl (C=O) groups is 1. The highest BCUT2D eigenvalue weighted by atomic mass is 16.5. The third kappa shape index (κ3) is 5.92. The lowest BCUT2D eigenvalue weighted by atomic mass is 10.2. The minimum Gasteiger partial charge on any atom is -0.493 e. The van der Waals surface area contributed by atoms with Crippen molar-refractivity contribution in [3.63, 3.8) is 0 Å². The number of ether oxygens (including phenoxy) is 3. The van der Waals surface area contributed by atoms with Gasteiger partial charge in [-0.05, 0) is 37.6 Å². The van der Waals surface area contributed by atoms with Crippen LogP contribution in [-0.2, 0) is 9.53 Å². The zero-order valence-electron chi connectivity index (χ0n) is 17.4. The van der Waals surface area contributed by atoms with E-state index in [1.807, 2.05) is 18.8 Å². The van der Waals surface area contributed by atoms with Crippen LogP contribution in [0.3, 0.4) is 0 Å². The van der Waals surface area contributed by atoms with Gasteiger partial charge in [-0.25, -0.2) is 9.89 Å². The summed E-state index contributed by atoms with van der Waals surface area (Å²) in [5.74, 6) is 0.542. The van der Waals surface area contributed by atoms with Gasteiger partial charge in [0.05, 0.1) is 25.5 Å². The van der Waals surface area contributed by atoms with E-state index >= 15 is 0 Å². The van der Waals surface area contributed by atoms with Crippen LogP contribution in [0.25, 0.3) is 0 Å². The second kappa shape index (κ2) is 9.89. The normalized spacial score (nSPS) is 18.7. The van der Waals surface area contributed by atoms with E-state index in [-0.39, 0.29) is 30.5 Å². The van der Waals surface area contributed by atoms with Crippen molar-refractivity contribution in [3.05, 3.63) is 44.6 Å². The molecule has 3 rings (SSSR count). The topological polar surface area (TPSA) is 151 Å². The van der Waals surface area contributed by atoms with Gasteiger partial charge in [0.1, 0.15) is 0 Å². The van der Waals surface area contributed by atoms with Crippen LogP contribution < -0.4 is 26.1 Å². The fourth-order valence-electron chi connectivity index (χ4n) is 3.09. The zero-order valence-corrected chi connectivity index (χ0v) is 17.4. The highest BCUT2D eigenvalue weighted by Gasteiger charge is 2.26. The van der Waals surface area contributed by atoms with Gasteiger partial charge >= 0.3 is 5.69 Å². The van der Waals surface area contributed by atoms with Crippen molar-refractivity contribution >= 4 is 17.9 Å². The van der Waals surface area contributed by atoms with Crippen LogP contribution in [-0.4, -0.2) is 71.2 Å². The molecule has 1 fully saturated rings. The van der Waals surface area contributed by atoms with Crippen molar-refractivity contribution in [1.82, 2.24) is 20.1 Å². The summed E-state index contributed by atoms with van der Waals surface area (Å²) in [5.41, 5.74) is 1.66. The lowest BCUT2D eigenvalue weighted by molar-refractivity contribution is -0.145. The van der Waals surface area contributed by atoms with Crippen molar-refractivity contribution in [2.45, 2.75) is 26.1 Å². The van der Waals surface area contributed by atoms with E-state index in [4.69, 9.17) is 14.2 Å². The van der Waals surface area contributed by atoms with Crippen molar-refractivity contribution < 1.29 is 19.0 Å². The number of nitrogens with one attached hydrogen (secondary N) is 3. The largest absolute Gasteiger partial charge is 0.493 e. The molecule has 2 aromatic rings. The van der Waals surface area contributed by atoms with E-state index in [2.05, 4.69) is 20.7 Å². The van der Waals surface area contributed by atoms with E-state index in [0.29, 0.717) is 30.2 Å². The van der Waals surface area contributed by atoms with Crippen molar-refractivity contribution in [2.75, 3.05) is 32.2 Å². The number of hydrogen-bond donors (Lipinski definition) is 3. The first-order valence-electron chi connectivity index (χ1n) is 9.58. The van der Waals surface area contributed by atoms with Gasteiger partial charge in [-0.2, -0.15) is 5.10 Å². The number of hydrogen-bond acceptors (Lipinski definition) is 9. The molecule has 3 N–H and O–H groups in total. The van der Waals surface area contributed by atoms with E-state index in [9.17, 15) is 14.4 Å². The molecule has 0 aliphatic carbocycles. The van der Waals surface area contributed by atoms with Gasteiger partial charge in [-0.1, -0.05) is 0 Å². The molecule has 1 aromatic heterocycles. The molecule has 1 amide bonds. The maximum Gasteiger partial charge on any atom is 0.342 e. The molecule has 0 bridgehead atoms. The van der Waals surface area contributed by atoms with Crippen LogP contribution >= 0.6 is 0 Å². The molecular weight excluding hydrogens is 408 g/mol. The summed E-state index contributed by atoms with van der Waals surface area (Å²) in [5, 5.41) is 9.55. The average Bonchev–Trinajstić information content (AvgIpc) is 2.73. The summed E-state index contributed by atoms with van der Waals surface area (Å²) in [6, 6.07) is 5.02. The first-order chi connectivity index (χ1) is 14.9. The van der Waals surface area contributed by atoms with Crippen LogP contribution in [0.15, 0.2) is 32.9 Å². The standard InChI is InChI=1S/C19H24N6O6/c1-11-8-25(9-12(2)31-11)16(26)10-30-14-5-4-13(6-15(14)29-3)7-20-22-17-18(27)21-19(28)24-23-17/h4-7,11-12H,8-10H2,1-3H3,(H,22,23)(H2,21,24,27,28)/b20-7+. The summed E-state index contributed by atoms with van der Waals surface area (Å²) in [7, 11) is 1.48. The van der Waals surface area contributed by atoms with E-state index in [1.54, 1.807) is 23.1 Å². The predicted molar refractivity (Wildman–Crippen MR) is 112 cm³/mol. The number of H-pyrrole nitrogens is 2. The van der Waals surface area contributed by atoms with Crippen molar-refractivity contribution in [1.29, 1.82) is 0 Å². The molecule has 1 aliphatic rings. The minimum absolute atomic E-state index is 0.0173. The fraction of sp³-hybridized carbons (Fsp3) is 0.421. The first kappa shape index (κ1) is 22.0. The molecule has 2 heterocycles. The van der Waals surface area contributed by atoms with Gasteiger partial charge in [0.15, 0.2) is 18.1 Å². The number of carbonyl (C=O) groups excluding carboxylic acids is 1. The molecule has 0 saturated carbocycles. The Labute approximate surface area is 177 Å². The Morgan fingerprint density at radius 2 is 2.06 bits per heavy atom. The molecule has 12 heteroatoms. The number of nitrogens with zero attached hydrogens (tertiary/aromatic N) is 3. The SMILES string of the molecule is COc1cc(/C=N/Nc2n[nH]c(=O)[nH]c2=O)ccc1OCC(=O)N1CC(C)OC(C)C1. The Kier molecular flexibility index (Phi) is 7.03. The number of benzene rings is 1. The second-order valence-electron chi connectivity index (χ2n) is 6.98. The van der Waals surface area contributed by atoms with Gasteiger partial charge < -0.3 is 19.1 Å². The Hall–Kier alpha value is -3.67. The molecule has 1 aromatic carbocycles. The van der Waals surface area contributed by atoms with Crippen LogP contribution in [0.4, 0.5) is 5.82 Å². The molecule has 0 spiro atoms. The lowest BCUT2D eigenvalue weighted by Gasteiger charge is -2.35. The number of rotatable bonds is 7. The Morgan fingerprint density at radius 1 is 1.32 bits per heavy atom. The molecule has 2 unspecified atom stereocenters. The monoisotopic (exact) mass is 432 g/mol. The van der Waals surface area contributed by atoms with Gasteiger partial charge in [-0.15, -0.1) is 5.10 Å². The smallest absolute Gasteiger partial charge is 0.342 e. The number of morpholine rings is 1. The quantitative estimate of drug-likeness (QED) is 0.406.